The van der Waals surface area contributed by atoms with Gasteiger partial charge >= 0.3 is 0 Å². The lowest BCUT2D eigenvalue weighted by molar-refractivity contribution is 0.571. The minimum absolute atomic E-state index is 0.0195. The monoisotopic (exact) mass is 214 g/mol. The Morgan fingerprint density at radius 1 is 1.00 bits per heavy atom. The van der Waals surface area contributed by atoms with Crippen LogP contribution in [0.25, 0.3) is 10.8 Å². The van der Waals surface area contributed by atoms with E-state index < -0.39 is 0 Å². The number of fused-ring (bicyclic) bond motifs is 1. The molecule has 16 heavy (non-hydrogen) atoms. The Bertz CT molecular complexity index is 472. The predicted octanol–water partition coefficient (Wildman–Crippen LogP) is 2.58. The molecular weight excluding hydrogens is 196 g/mol. The average molecular weight is 214 g/mol. The van der Waals surface area contributed by atoms with Crippen LogP contribution in [0.4, 0.5) is 0 Å². The van der Waals surface area contributed by atoms with Crippen LogP contribution >= 0.6 is 0 Å². The largest absolute Gasteiger partial charge is 0.328 e. The smallest absolute Gasteiger partial charge is 0.0315 e. The van der Waals surface area contributed by atoms with Gasteiger partial charge in [0.2, 0.25) is 0 Å². The van der Waals surface area contributed by atoms with Gasteiger partial charge in [-0.2, -0.15) is 0 Å². The number of rotatable bonds is 3. The van der Waals surface area contributed by atoms with Crippen molar-refractivity contribution in [3.8, 4) is 0 Å². The van der Waals surface area contributed by atoms with Gasteiger partial charge in [0.1, 0.15) is 0 Å². The summed E-state index contributed by atoms with van der Waals surface area (Å²) in [6, 6.07) is 14.7. The summed E-state index contributed by atoms with van der Waals surface area (Å²) >= 11 is 0. The van der Waals surface area contributed by atoms with Gasteiger partial charge in [-0.15, -0.1) is 0 Å². The molecule has 0 fully saturated rings. The fraction of sp³-hybridized carbons (Fsp3) is 0.286. The van der Waals surface area contributed by atoms with Crippen molar-refractivity contribution in [3.63, 3.8) is 0 Å². The lowest BCUT2D eigenvalue weighted by Gasteiger charge is -2.16. The van der Waals surface area contributed by atoms with Crippen LogP contribution in [-0.2, 0) is 0 Å². The van der Waals surface area contributed by atoms with Gasteiger partial charge in [0, 0.05) is 12.1 Å². The zero-order valence-corrected chi connectivity index (χ0v) is 9.56. The molecule has 2 rings (SSSR count). The Labute approximate surface area is 96.3 Å². The summed E-state index contributed by atoms with van der Waals surface area (Å²) < 4.78 is 0. The maximum Gasteiger partial charge on any atom is 0.0315 e. The van der Waals surface area contributed by atoms with Crippen molar-refractivity contribution >= 4 is 10.8 Å². The second-order valence-electron chi connectivity index (χ2n) is 4.39. The number of benzene rings is 2. The van der Waals surface area contributed by atoms with Crippen LogP contribution in [0.15, 0.2) is 42.5 Å². The first-order valence-electron chi connectivity index (χ1n) is 5.67. The maximum atomic E-state index is 6.18. The molecule has 0 aliphatic carbocycles. The minimum Gasteiger partial charge on any atom is -0.328 e. The molecular formula is C14H18N2. The van der Waals surface area contributed by atoms with Gasteiger partial charge in [0.15, 0.2) is 0 Å². The first kappa shape index (κ1) is 11.1. The van der Waals surface area contributed by atoms with Crippen LogP contribution in [-0.4, -0.2) is 6.04 Å². The molecule has 0 saturated carbocycles. The molecule has 0 spiro atoms. The molecule has 0 aliphatic rings. The van der Waals surface area contributed by atoms with Gasteiger partial charge in [0.25, 0.3) is 0 Å². The Kier molecular flexibility index (Phi) is 3.22. The molecule has 2 atom stereocenters. The highest BCUT2D eigenvalue weighted by atomic mass is 14.7. The summed E-state index contributed by atoms with van der Waals surface area (Å²) in [5, 5.41) is 2.47. The Morgan fingerprint density at radius 3 is 2.44 bits per heavy atom. The maximum absolute atomic E-state index is 6.18. The average Bonchev–Trinajstić information content (AvgIpc) is 2.27. The molecule has 2 aromatic rings. The second kappa shape index (κ2) is 4.64. The molecule has 0 radical (unpaired) electrons. The molecule has 0 amide bonds. The molecule has 2 nitrogen and oxygen atoms in total. The molecule has 0 aromatic heterocycles. The summed E-state index contributed by atoms with van der Waals surface area (Å²) in [5.74, 6) is 0. The van der Waals surface area contributed by atoms with Gasteiger partial charge in [-0.1, -0.05) is 42.5 Å². The highest BCUT2D eigenvalue weighted by Gasteiger charge is 2.10. The highest BCUT2D eigenvalue weighted by molar-refractivity contribution is 5.86. The van der Waals surface area contributed by atoms with Gasteiger partial charge in [-0.25, -0.2) is 0 Å². The molecule has 2 unspecified atom stereocenters. The van der Waals surface area contributed by atoms with Gasteiger partial charge < -0.3 is 11.5 Å². The summed E-state index contributed by atoms with van der Waals surface area (Å²) in [7, 11) is 0. The van der Waals surface area contributed by atoms with Crippen LogP contribution in [0.5, 0.6) is 0 Å². The summed E-state index contributed by atoms with van der Waals surface area (Å²) in [4.78, 5) is 0. The molecule has 0 heterocycles. The van der Waals surface area contributed by atoms with E-state index >= 15 is 0 Å². The van der Waals surface area contributed by atoms with E-state index in [4.69, 9.17) is 11.5 Å². The topological polar surface area (TPSA) is 52.0 Å². The second-order valence-corrected chi connectivity index (χ2v) is 4.39. The van der Waals surface area contributed by atoms with Crippen molar-refractivity contribution in [2.75, 3.05) is 0 Å². The molecule has 84 valence electrons. The van der Waals surface area contributed by atoms with Crippen LogP contribution in [0.2, 0.25) is 0 Å². The van der Waals surface area contributed by atoms with Crippen LogP contribution in [0.3, 0.4) is 0 Å². The molecule has 2 heteroatoms. The third kappa shape index (κ3) is 2.23. The van der Waals surface area contributed by atoms with E-state index in [2.05, 4.69) is 30.3 Å². The van der Waals surface area contributed by atoms with Crippen molar-refractivity contribution in [3.05, 3.63) is 48.0 Å². The third-order valence-corrected chi connectivity index (χ3v) is 2.85. The van der Waals surface area contributed by atoms with E-state index in [1.54, 1.807) is 0 Å². The number of hydrogen-bond acceptors (Lipinski definition) is 2. The van der Waals surface area contributed by atoms with E-state index in [0.29, 0.717) is 0 Å². The molecule has 0 bridgehead atoms. The lowest BCUT2D eigenvalue weighted by atomic mass is 9.95. The van der Waals surface area contributed by atoms with Crippen molar-refractivity contribution in [2.45, 2.75) is 25.4 Å². The fourth-order valence-electron chi connectivity index (χ4n) is 2.10. The number of nitrogens with two attached hydrogens (primary N) is 2. The zero-order chi connectivity index (χ0) is 11.5. The van der Waals surface area contributed by atoms with Crippen molar-refractivity contribution in [2.24, 2.45) is 11.5 Å². The Morgan fingerprint density at radius 2 is 1.69 bits per heavy atom. The van der Waals surface area contributed by atoms with Crippen LogP contribution < -0.4 is 11.5 Å². The van der Waals surface area contributed by atoms with Crippen molar-refractivity contribution in [1.29, 1.82) is 0 Å². The van der Waals surface area contributed by atoms with E-state index in [9.17, 15) is 0 Å². The third-order valence-electron chi connectivity index (χ3n) is 2.85. The van der Waals surface area contributed by atoms with Gasteiger partial charge in [-0.05, 0) is 29.7 Å². The summed E-state index contributed by atoms with van der Waals surface area (Å²) in [5.41, 5.74) is 13.2. The molecule has 0 saturated heterocycles. The standard InChI is InChI=1S/C14H18N2/c1-10(15)9-14(16)13-8-4-6-11-5-2-3-7-12(11)13/h2-8,10,14H,9,15-16H2,1H3. The minimum atomic E-state index is 0.0195. The molecule has 4 N–H and O–H groups in total. The van der Waals surface area contributed by atoms with E-state index in [0.717, 1.165) is 6.42 Å². The first-order valence-corrected chi connectivity index (χ1v) is 5.67. The van der Waals surface area contributed by atoms with Crippen molar-refractivity contribution < 1.29 is 0 Å². The fourth-order valence-corrected chi connectivity index (χ4v) is 2.10. The highest BCUT2D eigenvalue weighted by Crippen LogP contribution is 2.25. The van der Waals surface area contributed by atoms with E-state index in [1.807, 2.05) is 19.1 Å². The SMILES string of the molecule is CC(N)CC(N)c1cccc2ccccc12. The quantitative estimate of drug-likeness (QED) is 0.825. The Hall–Kier alpha value is -1.38. The van der Waals surface area contributed by atoms with E-state index in [1.165, 1.54) is 16.3 Å². The zero-order valence-electron chi connectivity index (χ0n) is 9.56. The normalized spacial score (nSPS) is 14.9. The van der Waals surface area contributed by atoms with Crippen LogP contribution in [0, 0.1) is 0 Å². The van der Waals surface area contributed by atoms with Gasteiger partial charge in [0.05, 0.1) is 0 Å². The van der Waals surface area contributed by atoms with Crippen LogP contribution in [0.1, 0.15) is 24.9 Å². The predicted molar refractivity (Wildman–Crippen MR) is 69.1 cm³/mol. The summed E-state index contributed by atoms with van der Waals surface area (Å²) in [6.45, 7) is 1.99. The first-order chi connectivity index (χ1) is 7.68. The van der Waals surface area contributed by atoms with Gasteiger partial charge in [-0.3, -0.25) is 0 Å². The molecule has 0 aliphatic heterocycles. The van der Waals surface area contributed by atoms with E-state index in [-0.39, 0.29) is 12.1 Å². The molecule has 2 aromatic carbocycles. The van der Waals surface area contributed by atoms with Crippen molar-refractivity contribution in [1.82, 2.24) is 0 Å². The Balaban J connectivity index is 2.44. The number of hydrogen-bond donors (Lipinski definition) is 2. The summed E-state index contributed by atoms with van der Waals surface area (Å²) in [6.07, 6.45) is 0.813. The lowest BCUT2D eigenvalue weighted by Crippen LogP contribution is -2.23.